The third kappa shape index (κ3) is 2.50. The third-order valence-corrected chi connectivity index (χ3v) is 5.70. The molecule has 0 amide bonds. The molecule has 2 aromatic carbocycles. The molecule has 0 radical (unpaired) electrons. The fourth-order valence-corrected chi connectivity index (χ4v) is 4.56. The van der Waals surface area contributed by atoms with Crippen molar-refractivity contribution in [3.05, 3.63) is 41.4 Å². The molecule has 114 valence electrons. The summed E-state index contributed by atoms with van der Waals surface area (Å²) in [6, 6.07) is 11.4. The third-order valence-electron chi connectivity index (χ3n) is 5.37. The Labute approximate surface area is 135 Å². The number of carbonyl (C=O) groups excluding carboxylic acids is 1. The predicted molar refractivity (Wildman–Crippen MR) is 88.1 cm³/mol. The van der Waals surface area contributed by atoms with Crippen molar-refractivity contribution < 1.29 is 9.53 Å². The van der Waals surface area contributed by atoms with Crippen LogP contribution in [0.4, 0.5) is 0 Å². The maximum absolute atomic E-state index is 12.3. The molecule has 0 aliphatic heterocycles. The highest BCUT2D eigenvalue weighted by molar-refractivity contribution is 6.35. The van der Waals surface area contributed by atoms with Crippen LogP contribution in [0.2, 0.25) is 5.02 Å². The van der Waals surface area contributed by atoms with Gasteiger partial charge in [-0.2, -0.15) is 0 Å². The molecule has 0 saturated heterocycles. The van der Waals surface area contributed by atoms with E-state index in [1.807, 2.05) is 24.3 Å². The van der Waals surface area contributed by atoms with Crippen LogP contribution in [0.15, 0.2) is 36.4 Å². The van der Waals surface area contributed by atoms with E-state index in [9.17, 15) is 4.79 Å². The summed E-state index contributed by atoms with van der Waals surface area (Å²) in [4.78, 5) is 12.3. The number of hydrogen-bond donors (Lipinski definition) is 0. The Bertz CT molecular complexity index is 724. The minimum Gasteiger partial charge on any atom is -0.426 e. The molecule has 2 nitrogen and oxygen atoms in total. The van der Waals surface area contributed by atoms with Gasteiger partial charge in [0.1, 0.15) is 5.75 Å². The van der Waals surface area contributed by atoms with Crippen molar-refractivity contribution in [1.82, 2.24) is 0 Å². The van der Waals surface area contributed by atoms with Crippen LogP contribution in [0.1, 0.15) is 32.1 Å². The first-order valence-corrected chi connectivity index (χ1v) is 8.46. The van der Waals surface area contributed by atoms with Crippen LogP contribution in [0.5, 0.6) is 5.75 Å². The number of carbonyl (C=O) groups is 1. The lowest BCUT2D eigenvalue weighted by Crippen LogP contribution is -2.18. The average molecular weight is 315 g/mol. The van der Waals surface area contributed by atoms with Crippen molar-refractivity contribution in [1.29, 1.82) is 0 Å². The molecule has 2 aliphatic carbocycles. The van der Waals surface area contributed by atoms with E-state index in [2.05, 4.69) is 0 Å². The van der Waals surface area contributed by atoms with E-state index in [-0.39, 0.29) is 5.97 Å². The van der Waals surface area contributed by atoms with Crippen molar-refractivity contribution in [2.24, 2.45) is 17.8 Å². The molecule has 3 atom stereocenters. The molecule has 0 aromatic heterocycles. The largest absolute Gasteiger partial charge is 0.426 e. The second kappa shape index (κ2) is 5.58. The fourth-order valence-electron chi connectivity index (χ4n) is 4.33. The average Bonchev–Trinajstić information content (AvgIpc) is 3.13. The number of ether oxygens (including phenoxy) is 1. The molecule has 0 N–H and O–H groups in total. The Balaban J connectivity index is 1.51. The fraction of sp³-hybridized carbons (Fsp3) is 0.421. The quantitative estimate of drug-likeness (QED) is 0.573. The number of halogens is 1. The van der Waals surface area contributed by atoms with Crippen LogP contribution in [0, 0.1) is 17.8 Å². The van der Waals surface area contributed by atoms with Gasteiger partial charge >= 0.3 is 5.97 Å². The molecular formula is C19H19ClO2. The minimum atomic E-state index is -0.106. The van der Waals surface area contributed by atoms with Crippen LogP contribution in [0.3, 0.4) is 0 Å². The molecule has 0 heterocycles. The van der Waals surface area contributed by atoms with Crippen LogP contribution < -0.4 is 4.74 Å². The standard InChI is InChI=1S/C19H19ClO2/c20-17-7-8-18(16-4-2-1-3-15(16)17)22-19(21)11-14-10-12-5-6-13(14)9-12/h1-4,7-8,12-14H,5-6,9-11H2/t12-,13-,14+/m1/s1. The second-order valence-corrected chi connectivity index (χ2v) is 7.11. The molecule has 2 bridgehead atoms. The lowest BCUT2D eigenvalue weighted by Gasteiger charge is -2.20. The van der Waals surface area contributed by atoms with Crippen molar-refractivity contribution in [2.75, 3.05) is 0 Å². The minimum absolute atomic E-state index is 0.106. The summed E-state index contributed by atoms with van der Waals surface area (Å²) in [5.74, 6) is 2.65. The highest BCUT2D eigenvalue weighted by Gasteiger charge is 2.40. The van der Waals surface area contributed by atoms with Crippen LogP contribution in [0.25, 0.3) is 10.8 Å². The summed E-state index contributed by atoms with van der Waals surface area (Å²) >= 11 is 6.21. The van der Waals surface area contributed by atoms with Crippen molar-refractivity contribution in [3.8, 4) is 5.75 Å². The number of benzene rings is 2. The number of esters is 1. The normalized spacial score (nSPS) is 26.5. The van der Waals surface area contributed by atoms with Gasteiger partial charge in [-0.1, -0.05) is 42.3 Å². The van der Waals surface area contributed by atoms with E-state index in [4.69, 9.17) is 16.3 Å². The van der Waals surface area contributed by atoms with E-state index in [0.717, 1.165) is 22.6 Å². The van der Waals surface area contributed by atoms with Crippen molar-refractivity contribution in [2.45, 2.75) is 32.1 Å². The zero-order valence-corrected chi connectivity index (χ0v) is 13.2. The summed E-state index contributed by atoms with van der Waals surface area (Å²) in [5.41, 5.74) is 0. The lowest BCUT2D eigenvalue weighted by atomic mass is 9.86. The molecule has 0 spiro atoms. The number of fused-ring (bicyclic) bond motifs is 3. The van der Waals surface area contributed by atoms with E-state index < -0.39 is 0 Å². The van der Waals surface area contributed by atoms with Gasteiger partial charge in [0, 0.05) is 22.2 Å². The summed E-state index contributed by atoms with van der Waals surface area (Å²) in [7, 11) is 0. The van der Waals surface area contributed by atoms with E-state index in [1.54, 1.807) is 12.1 Å². The summed E-state index contributed by atoms with van der Waals surface area (Å²) in [5, 5.41) is 2.51. The molecule has 2 fully saturated rings. The van der Waals surface area contributed by atoms with Gasteiger partial charge in [0.25, 0.3) is 0 Å². The van der Waals surface area contributed by atoms with Gasteiger partial charge in [-0.3, -0.25) is 4.79 Å². The monoisotopic (exact) mass is 314 g/mol. The Morgan fingerprint density at radius 3 is 2.64 bits per heavy atom. The van der Waals surface area contributed by atoms with Crippen molar-refractivity contribution >= 4 is 28.3 Å². The Morgan fingerprint density at radius 2 is 1.91 bits per heavy atom. The zero-order chi connectivity index (χ0) is 15.1. The Kier molecular flexibility index (Phi) is 3.57. The molecule has 2 aromatic rings. The first-order chi connectivity index (χ1) is 10.7. The molecule has 22 heavy (non-hydrogen) atoms. The topological polar surface area (TPSA) is 26.3 Å². The van der Waals surface area contributed by atoms with Gasteiger partial charge in [0.15, 0.2) is 0 Å². The first kappa shape index (κ1) is 14.1. The molecule has 2 saturated carbocycles. The lowest BCUT2D eigenvalue weighted by molar-refractivity contribution is -0.135. The van der Waals surface area contributed by atoms with Crippen molar-refractivity contribution in [3.63, 3.8) is 0 Å². The van der Waals surface area contributed by atoms with Crippen LogP contribution in [-0.2, 0) is 4.79 Å². The molecular weight excluding hydrogens is 296 g/mol. The number of rotatable bonds is 3. The molecule has 3 heteroatoms. The maximum atomic E-state index is 12.3. The predicted octanol–water partition coefficient (Wildman–Crippen LogP) is 5.22. The van der Waals surface area contributed by atoms with Crippen LogP contribution >= 0.6 is 11.6 Å². The highest BCUT2D eigenvalue weighted by atomic mass is 35.5. The van der Waals surface area contributed by atoms with E-state index in [1.165, 1.54) is 25.7 Å². The van der Waals surface area contributed by atoms with Gasteiger partial charge in [-0.05, 0) is 49.1 Å². The maximum Gasteiger partial charge on any atom is 0.311 e. The number of hydrogen-bond acceptors (Lipinski definition) is 2. The van der Waals surface area contributed by atoms with Gasteiger partial charge in [-0.15, -0.1) is 0 Å². The highest BCUT2D eigenvalue weighted by Crippen LogP contribution is 2.49. The summed E-state index contributed by atoms with van der Waals surface area (Å²) in [6.45, 7) is 0. The Hall–Kier alpha value is -1.54. The summed E-state index contributed by atoms with van der Waals surface area (Å²) < 4.78 is 5.65. The molecule has 4 rings (SSSR count). The smallest absolute Gasteiger partial charge is 0.311 e. The van der Waals surface area contributed by atoms with E-state index >= 15 is 0 Å². The van der Waals surface area contributed by atoms with Crippen LogP contribution in [-0.4, -0.2) is 5.97 Å². The van der Waals surface area contributed by atoms with Gasteiger partial charge in [0.2, 0.25) is 0 Å². The van der Waals surface area contributed by atoms with Gasteiger partial charge in [0.05, 0.1) is 0 Å². The Morgan fingerprint density at radius 1 is 1.09 bits per heavy atom. The van der Waals surface area contributed by atoms with Gasteiger partial charge in [-0.25, -0.2) is 0 Å². The van der Waals surface area contributed by atoms with Gasteiger partial charge < -0.3 is 4.74 Å². The first-order valence-electron chi connectivity index (χ1n) is 8.08. The molecule has 0 unspecified atom stereocenters. The summed E-state index contributed by atoms with van der Waals surface area (Å²) in [6.07, 6.45) is 5.74. The van der Waals surface area contributed by atoms with E-state index in [0.29, 0.717) is 23.1 Å². The SMILES string of the molecule is O=C(C[C@@H]1C[C@@H]2CC[C@@H]1C2)Oc1ccc(Cl)c2ccccc12. The zero-order valence-electron chi connectivity index (χ0n) is 12.4. The molecule has 2 aliphatic rings. The second-order valence-electron chi connectivity index (χ2n) is 6.70.